The van der Waals surface area contributed by atoms with Crippen LogP contribution >= 0.6 is 0 Å². The first-order valence-electron chi connectivity index (χ1n) is 15.5. The van der Waals surface area contributed by atoms with E-state index in [0.717, 1.165) is 70.6 Å². The number of aromatic amines is 2. The van der Waals surface area contributed by atoms with E-state index in [1.807, 2.05) is 60.7 Å². The van der Waals surface area contributed by atoms with E-state index in [1.165, 1.54) is 5.56 Å². The molecule has 0 amide bonds. The van der Waals surface area contributed by atoms with Gasteiger partial charge in [-0.05, 0) is 71.2 Å². The second kappa shape index (κ2) is 12.8. The Hall–Kier alpha value is -4.91. The average molecular weight is 585 g/mol. The van der Waals surface area contributed by atoms with Crippen LogP contribution in [0.3, 0.4) is 0 Å². The second-order valence-corrected chi connectivity index (χ2v) is 10.8. The molecule has 7 heteroatoms. The van der Waals surface area contributed by atoms with Gasteiger partial charge in [-0.1, -0.05) is 100 Å². The minimum absolute atomic E-state index is 0.166. The van der Waals surface area contributed by atoms with Gasteiger partial charge in [0.05, 0.1) is 11.4 Å². The van der Waals surface area contributed by atoms with Crippen LogP contribution in [0.5, 0.6) is 11.5 Å². The summed E-state index contributed by atoms with van der Waals surface area (Å²) >= 11 is 0. The molecule has 1 aliphatic rings. The van der Waals surface area contributed by atoms with Gasteiger partial charge in [0.25, 0.3) is 0 Å². The standard InChI is InChI=1S/C37H37BN2O4/c1-5-26-28(7-3)36(39-34(26)24-17-11-9-12-18-24)30(41)23-33(44-38-42-31-21-15-16-22-32(31)43-38)37-29(8-4)27(6-2)35(40-37)25-19-13-10-14-20-25/h9-23,39-40H,5-8H2,1-4H3/b33-23-. The van der Waals surface area contributed by atoms with Crippen LogP contribution < -0.4 is 9.31 Å². The molecule has 2 aromatic heterocycles. The van der Waals surface area contributed by atoms with Crippen molar-refractivity contribution in [3.63, 3.8) is 0 Å². The predicted octanol–water partition coefficient (Wildman–Crippen LogP) is 8.62. The van der Waals surface area contributed by atoms with Crippen LogP contribution in [0, 0.1) is 0 Å². The van der Waals surface area contributed by atoms with E-state index < -0.39 is 7.32 Å². The Balaban J connectivity index is 1.47. The minimum atomic E-state index is -1.04. The first kappa shape index (κ1) is 29.2. The molecule has 2 N–H and O–H groups in total. The number of H-pyrrole nitrogens is 2. The molecule has 0 bridgehead atoms. The fourth-order valence-corrected chi connectivity index (χ4v) is 6.22. The molecule has 6 nitrogen and oxygen atoms in total. The van der Waals surface area contributed by atoms with Gasteiger partial charge in [-0.25, -0.2) is 0 Å². The van der Waals surface area contributed by atoms with Gasteiger partial charge in [0.2, 0.25) is 5.78 Å². The van der Waals surface area contributed by atoms with Gasteiger partial charge < -0.3 is 23.9 Å². The Morgan fingerprint density at radius 3 is 1.55 bits per heavy atom. The van der Waals surface area contributed by atoms with Crippen molar-refractivity contribution in [2.45, 2.75) is 53.4 Å². The number of carbonyl (C=O) groups excluding carboxylic acids is 1. The zero-order valence-corrected chi connectivity index (χ0v) is 25.7. The number of benzene rings is 3. The zero-order chi connectivity index (χ0) is 30.6. The predicted molar refractivity (Wildman–Crippen MR) is 177 cm³/mol. The van der Waals surface area contributed by atoms with Crippen LogP contribution in [-0.2, 0) is 30.3 Å². The monoisotopic (exact) mass is 584 g/mol. The number of ketones is 1. The number of fused-ring (bicyclic) bond motifs is 1. The average Bonchev–Trinajstić information content (AvgIpc) is 3.77. The summed E-state index contributed by atoms with van der Waals surface area (Å²) < 4.78 is 18.4. The van der Waals surface area contributed by atoms with E-state index in [2.05, 4.69) is 61.9 Å². The lowest BCUT2D eigenvalue weighted by Crippen LogP contribution is -2.28. The molecular formula is C37H37BN2O4. The van der Waals surface area contributed by atoms with Gasteiger partial charge in [-0.3, -0.25) is 4.79 Å². The Bertz CT molecular complexity index is 1780. The molecule has 0 saturated heterocycles. The smallest absolute Gasteiger partial charge is 0.488 e. The maximum atomic E-state index is 14.3. The summed E-state index contributed by atoms with van der Waals surface area (Å²) in [5.74, 6) is 1.40. The first-order valence-corrected chi connectivity index (χ1v) is 15.5. The van der Waals surface area contributed by atoms with E-state index in [4.69, 9.17) is 14.0 Å². The van der Waals surface area contributed by atoms with Gasteiger partial charge in [-0.2, -0.15) is 0 Å². The number of hydrogen-bond acceptors (Lipinski definition) is 4. The number of rotatable bonds is 11. The summed E-state index contributed by atoms with van der Waals surface area (Å²) in [5.41, 5.74) is 9.94. The summed E-state index contributed by atoms with van der Waals surface area (Å²) in [6.45, 7) is 8.49. The van der Waals surface area contributed by atoms with Crippen molar-refractivity contribution in [3.8, 4) is 34.0 Å². The highest BCUT2D eigenvalue weighted by Crippen LogP contribution is 2.37. The molecule has 3 aromatic carbocycles. The maximum absolute atomic E-state index is 14.3. The van der Waals surface area contributed by atoms with Gasteiger partial charge >= 0.3 is 7.32 Å². The third-order valence-corrected chi connectivity index (χ3v) is 8.25. The molecule has 3 heterocycles. The van der Waals surface area contributed by atoms with E-state index in [-0.39, 0.29) is 5.78 Å². The minimum Gasteiger partial charge on any atom is -0.488 e. The Labute approximate surface area is 259 Å². The van der Waals surface area contributed by atoms with Crippen molar-refractivity contribution < 1.29 is 18.8 Å². The summed E-state index contributed by atoms with van der Waals surface area (Å²) in [5, 5.41) is 0. The van der Waals surface area contributed by atoms with Gasteiger partial charge in [0.15, 0.2) is 0 Å². The molecule has 1 aliphatic heterocycles. The van der Waals surface area contributed by atoms with Crippen LogP contribution in [0.1, 0.15) is 66.1 Å². The summed E-state index contributed by atoms with van der Waals surface area (Å²) in [6.07, 6.45) is 4.69. The number of nitrogens with one attached hydrogen (secondary N) is 2. The van der Waals surface area contributed by atoms with E-state index in [0.29, 0.717) is 23.0 Å². The molecule has 6 rings (SSSR count). The highest BCUT2D eigenvalue weighted by atomic mass is 16.8. The number of para-hydroxylation sites is 2. The van der Waals surface area contributed by atoms with Crippen molar-refractivity contribution in [1.82, 2.24) is 9.97 Å². The molecule has 5 aromatic rings. The Morgan fingerprint density at radius 2 is 1.07 bits per heavy atom. The summed E-state index contributed by atoms with van der Waals surface area (Å²) in [4.78, 5) is 21.4. The highest BCUT2D eigenvalue weighted by molar-refractivity contribution is 6.41. The lowest BCUT2D eigenvalue weighted by molar-refractivity contribution is 0.104. The SMILES string of the molecule is CCc1c(C(=O)/C=C(\OB2Oc3ccccc3O2)c2[nH]c(-c3ccccc3)c(CC)c2CC)[nH]c(-c2ccccc2)c1CC. The highest BCUT2D eigenvalue weighted by Gasteiger charge is 2.39. The van der Waals surface area contributed by atoms with Crippen molar-refractivity contribution in [2.75, 3.05) is 0 Å². The fourth-order valence-electron chi connectivity index (χ4n) is 6.22. The molecule has 0 saturated carbocycles. The van der Waals surface area contributed by atoms with Crippen molar-refractivity contribution in [3.05, 3.63) is 125 Å². The van der Waals surface area contributed by atoms with Gasteiger partial charge in [-0.15, -0.1) is 0 Å². The third-order valence-electron chi connectivity index (χ3n) is 8.25. The number of aromatic nitrogens is 2. The molecule has 222 valence electrons. The van der Waals surface area contributed by atoms with Crippen LogP contribution in [0.4, 0.5) is 0 Å². The Morgan fingerprint density at radius 1 is 0.636 bits per heavy atom. The van der Waals surface area contributed by atoms with Crippen LogP contribution in [-0.4, -0.2) is 23.1 Å². The molecular weight excluding hydrogens is 547 g/mol. The molecule has 0 fully saturated rings. The van der Waals surface area contributed by atoms with Crippen LogP contribution in [0.25, 0.3) is 28.3 Å². The molecule has 0 radical (unpaired) electrons. The van der Waals surface area contributed by atoms with Crippen molar-refractivity contribution in [2.24, 2.45) is 0 Å². The van der Waals surface area contributed by atoms with Gasteiger partial charge in [0, 0.05) is 17.5 Å². The van der Waals surface area contributed by atoms with Crippen molar-refractivity contribution >= 4 is 18.9 Å². The molecule has 44 heavy (non-hydrogen) atoms. The third kappa shape index (κ3) is 5.46. The van der Waals surface area contributed by atoms with E-state index in [1.54, 1.807) is 6.08 Å². The quantitative estimate of drug-likeness (QED) is 0.0706. The largest absolute Gasteiger partial charge is 0.864 e. The molecule has 0 atom stereocenters. The number of allylic oxidation sites excluding steroid dienone is 1. The van der Waals surface area contributed by atoms with E-state index >= 15 is 0 Å². The van der Waals surface area contributed by atoms with Crippen molar-refractivity contribution in [1.29, 1.82) is 0 Å². The number of hydrogen-bond donors (Lipinski definition) is 2. The zero-order valence-electron chi connectivity index (χ0n) is 25.7. The Kier molecular flexibility index (Phi) is 8.46. The summed E-state index contributed by atoms with van der Waals surface area (Å²) in [7, 11) is -1.04. The van der Waals surface area contributed by atoms with E-state index in [9.17, 15) is 4.79 Å². The lowest BCUT2D eigenvalue weighted by Gasteiger charge is -2.13. The second-order valence-electron chi connectivity index (χ2n) is 10.8. The topological polar surface area (TPSA) is 76.3 Å². The number of carbonyl (C=O) groups is 1. The molecule has 0 spiro atoms. The first-order chi connectivity index (χ1) is 21.6. The fraction of sp³-hybridized carbons (Fsp3) is 0.216. The lowest BCUT2D eigenvalue weighted by atomic mass is 9.98. The summed E-state index contributed by atoms with van der Waals surface area (Å²) in [6, 6.07) is 27.9. The van der Waals surface area contributed by atoms with Crippen LogP contribution in [0.2, 0.25) is 0 Å². The molecule has 0 aliphatic carbocycles. The van der Waals surface area contributed by atoms with Gasteiger partial charge in [0.1, 0.15) is 17.3 Å². The van der Waals surface area contributed by atoms with Crippen LogP contribution in [0.15, 0.2) is 91.0 Å². The maximum Gasteiger partial charge on any atom is 0.864 e. The molecule has 0 unspecified atom stereocenters. The normalized spacial score (nSPS) is 12.5.